The molecule has 4 heteroatoms. The molecule has 0 amide bonds. The topological polar surface area (TPSA) is 43.8 Å². The van der Waals surface area contributed by atoms with Crippen LogP contribution < -0.4 is 5.73 Å². The molecule has 0 radical (unpaired) electrons. The Bertz CT molecular complexity index is 545. The molecule has 1 aromatic heterocycles. The van der Waals surface area contributed by atoms with Crippen LogP contribution in [0.3, 0.4) is 0 Å². The molecule has 98 valence electrons. The molecule has 0 aliphatic heterocycles. The first-order valence-corrected chi connectivity index (χ1v) is 7.70. The summed E-state index contributed by atoms with van der Waals surface area (Å²) in [4.78, 5) is 4.75. The van der Waals surface area contributed by atoms with Crippen molar-refractivity contribution in [3.8, 4) is 0 Å². The van der Waals surface area contributed by atoms with Gasteiger partial charge < -0.3 is 10.3 Å². The highest BCUT2D eigenvalue weighted by Gasteiger charge is 2.17. The van der Waals surface area contributed by atoms with E-state index in [0.717, 1.165) is 22.8 Å². The number of rotatable bonds is 4. The average molecular weight is 263 g/mol. The van der Waals surface area contributed by atoms with Gasteiger partial charge in [0.2, 0.25) is 0 Å². The van der Waals surface area contributed by atoms with E-state index < -0.39 is 0 Å². The molecule has 0 aliphatic carbocycles. The molecule has 1 heterocycles. The van der Waals surface area contributed by atoms with Crippen LogP contribution in [0.4, 0.5) is 5.69 Å². The Balaban J connectivity index is 2.62. The van der Waals surface area contributed by atoms with E-state index in [1.165, 1.54) is 5.52 Å². The summed E-state index contributed by atoms with van der Waals surface area (Å²) in [5.74, 6) is 2.66. The maximum atomic E-state index is 5.84. The third kappa shape index (κ3) is 2.34. The Hall–Kier alpha value is -1.16. The smallest absolute Gasteiger partial charge is 0.112 e. The number of aromatic nitrogens is 2. The van der Waals surface area contributed by atoms with Crippen molar-refractivity contribution >= 4 is 28.5 Å². The van der Waals surface area contributed by atoms with E-state index in [1.807, 2.05) is 23.9 Å². The quantitative estimate of drug-likeness (QED) is 0.856. The van der Waals surface area contributed by atoms with Crippen LogP contribution in [0.25, 0.3) is 11.0 Å². The van der Waals surface area contributed by atoms with Crippen LogP contribution in [0.15, 0.2) is 18.2 Å². The SMILES string of the molecule is CSCC(C)n1c(C(C)C)nc2cc(N)ccc21. The highest BCUT2D eigenvalue weighted by molar-refractivity contribution is 7.98. The minimum absolute atomic E-state index is 0.419. The van der Waals surface area contributed by atoms with Crippen LogP contribution in [0.5, 0.6) is 0 Å². The number of hydrogen-bond acceptors (Lipinski definition) is 3. The second-order valence-electron chi connectivity index (χ2n) is 5.05. The molecule has 18 heavy (non-hydrogen) atoms. The summed E-state index contributed by atoms with van der Waals surface area (Å²) in [7, 11) is 0. The van der Waals surface area contributed by atoms with E-state index in [9.17, 15) is 0 Å². The summed E-state index contributed by atoms with van der Waals surface area (Å²) >= 11 is 1.87. The van der Waals surface area contributed by atoms with E-state index in [-0.39, 0.29) is 0 Å². The second kappa shape index (κ2) is 5.22. The molecule has 0 saturated heterocycles. The van der Waals surface area contributed by atoms with Crippen molar-refractivity contribution in [3.05, 3.63) is 24.0 Å². The number of nitrogen functional groups attached to an aromatic ring is 1. The normalized spacial score (nSPS) is 13.4. The van der Waals surface area contributed by atoms with Gasteiger partial charge >= 0.3 is 0 Å². The van der Waals surface area contributed by atoms with Crippen molar-refractivity contribution < 1.29 is 0 Å². The zero-order valence-electron chi connectivity index (χ0n) is 11.5. The second-order valence-corrected chi connectivity index (χ2v) is 5.96. The van der Waals surface area contributed by atoms with E-state index in [1.54, 1.807) is 0 Å². The summed E-state index contributed by atoms with van der Waals surface area (Å²) in [5.41, 5.74) is 8.81. The van der Waals surface area contributed by atoms with Crippen molar-refractivity contribution in [2.75, 3.05) is 17.7 Å². The van der Waals surface area contributed by atoms with Gasteiger partial charge in [0.15, 0.2) is 0 Å². The molecule has 0 aliphatic rings. The molecule has 2 aromatic rings. The summed E-state index contributed by atoms with van der Waals surface area (Å²) < 4.78 is 2.36. The molecule has 3 nitrogen and oxygen atoms in total. The Morgan fingerprint density at radius 2 is 2.06 bits per heavy atom. The zero-order valence-corrected chi connectivity index (χ0v) is 12.3. The number of imidazole rings is 1. The first-order valence-electron chi connectivity index (χ1n) is 6.31. The lowest BCUT2D eigenvalue weighted by molar-refractivity contribution is 0.572. The highest BCUT2D eigenvalue weighted by Crippen LogP contribution is 2.28. The summed E-state index contributed by atoms with van der Waals surface area (Å²) in [5, 5.41) is 0. The van der Waals surface area contributed by atoms with Gasteiger partial charge in [-0.1, -0.05) is 13.8 Å². The molecule has 0 bridgehead atoms. The zero-order chi connectivity index (χ0) is 13.3. The molecular weight excluding hydrogens is 242 g/mol. The van der Waals surface area contributed by atoms with Gasteiger partial charge in [0.25, 0.3) is 0 Å². The van der Waals surface area contributed by atoms with Crippen LogP contribution in [0.2, 0.25) is 0 Å². The molecule has 2 rings (SSSR count). The van der Waals surface area contributed by atoms with E-state index in [4.69, 9.17) is 10.7 Å². The lowest BCUT2D eigenvalue weighted by atomic mass is 10.2. The fourth-order valence-corrected chi connectivity index (χ4v) is 2.95. The molecule has 1 aromatic carbocycles. The predicted octanol–water partition coefficient (Wildman–Crippen LogP) is 3.67. The van der Waals surface area contributed by atoms with Crippen molar-refractivity contribution in [2.45, 2.75) is 32.7 Å². The minimum atomic E-state index is 0.419. The summed E-state index contributed by atoms with van der Waals surface area (Å²) in [6, 6.07) is 6.45. The number of benzene rings is 1. The Labute approximate surface area is 113 Å². The molecule has 1 atom stereocenters. The predicted molar refractivity (Wildman–Crippen MR) is 81.3 cm³/mol. The molecule has 0 fully saturated rings. The lowest BCUT2D eigenvalue weighted by Gasteiger charge is -2.18. The summed E-state index contributed by atoms with van der Waals surface area (Å²) in [6.45, 7) is 6.62. The van der Waals surface area contributed by atoms with Gasteiger partial charge in [-0.2, -0.15) is 11.8 Å². The number of fused-ring (bicyclic) bond motifs is 1. The fraction of sp³-hybridized carbons (Fsp3) is 0.500. The lowest BCUT2D eigenvalue weighted by Crippen LogP contribution is -2.12. The maximum absolute atomic E-state index is 5.84. The van der Waals surface area contributed by atoms with Crippen molar-refractivity contribution in [3.63, 3.8) is 0 Å². The first kappa shape index (κ1) is 13.3. The van der Waals surface area contributed by atoms with Crippen molar-refractivity contribution in [1.82, 2.24) is 9.55 Å². The van der Waals surface area contributed by atoms with Gasteiger partial charge in [0.05, 0.1) is 11.0 Å². The first-order chi connectivity index (χ1) is 8.54. The Morgan fingerprint density at radius 3 is 2.67 bits per heavy atom. The number of nitrogens with zero attached hydrogens (tertiary/aromatic N) is 2. The summed E-state index contributed by atoms with van der Waals surface area (Å²) in [6.07, 6.45) is 2.14. The number of nitrogens with two attached hydrogens (primary N) is 1. The number of hydrogen-bond donors (Lipinski definition) is 1. The highest BCUT2D eigenvalue weighted by atomic mass is 32.2. The average Bonchev–Trinajstić information content (AvgIpc) is 2.67. The monoisotopic (exact) mass is 263 g/mol. The Morgan fingerprint density at radius 1 is 1.33 bits per heavy atom. The third-order valence-corrected chi connectivity index (χ3v) is 3.92. The van der Waals surface area contributed by atoms with Gasteiger partial charge in [-0.15, -0.1) is 0 Å². The van der Waals surface area contributed by atoms with Crippen LogP contribution in [-0.4, -0.2) is 21.6 Å². The van der Waals surface area contributed by atoms with Gasteiger partial charge in [0, 0.05) is 23.4 Å². The van der Waals surface area contributed by atoms with Crippen LogP contribution >= 0.6 is 11.8 Å². The van der Waals surface area contributed by atoms with Crippen molar-refractivity contribution in [2.24, 2.45) is 0 Å². The van der Waals surface area contributed by atoms with Gasteiger partial charge in [-0.25, -0.2) is 4.98 Å². The van der Waals surface area contributed by atoms with E-state index in [0.29, 0.717) is 12.0 Å². The number of anilines is 1. The maximum Gasteiger partial charge on any atom is 0.112 e. The van der Waals surface area contributed by atoms with Gasteiger partial charge in [-0.3, -0.25) is 0 Å². The van der Waals surface area contributed by atoms with Gasteiger partial charge in [-0.05, 0) is 31.4 Å². The molecule has 0 saturated carbocycles. The molecular formula is C14H21N3S. The van der Waals surface area contributed by atoms with Gasteiger partial charge in [0.1, 0.15) is 5.82 Å². The van der Waals surface area contributed by atoms with E-state index in [2.05, 4.69) is 37.7 Å². The standard InChI is InChI=1S/C14H21N3S/c1-9(2)14-16-12-7-11(15)5-6-13(12)17(14)10(3)8-18-4/h5-7,9-10H,8,15H2,1-4H3. The molecule has 1 unspecified atom stereocenters. The van der Waals surface area contributed by atoms with Crippen LogP contribution in [0.1, 0.15) is 38.6 Å². The molecule has 2 N–H and O–H groups in total. The molecule has 0 spiro atoms. The number of thioether (sulfide) groups is 1. The third-order valence-electron chi connectivity index (χ3n) is 3.11. The largest absolute Gasteiger partial charge is 0.399 e. The van der Waals surface area contributed by atoms with E-state index >= 15 is 0 Å². The van der Waals surface area contributed by atoms with Crippen LogP contribution in [0, 0.1) is 0 Å². The fourth-order valence-electron chi connectivity index (χ4n) is 2.32. The van der Waals surface area contributed by atoms with Crippen molar-refractivity contribution in [1.29, 1.82) is 0 Å². The Kier molecular flexibility index (Phi) is 3.85. The minimum Gasteiger partial charge on any atom is -0.399 e. The van der Waals surface area contributed by atoms with Crippen LogP contribution in [-0.2, 0) is 0 Å².